The second kappa shape index (κ2) is 4.78. The maximum absolute atomic E-state index is 10.8. The molecule has 3 nitrogen and oxygen atoms in total. The molecule has 0 aliphatic rings. The van der Waals surface area contributed by atoms with Crippen molar-refractivity contribution in [2.75, 3.05) is 7.11 Å². The molecule has 0 bridgehead atoms. The number of ether oxygens (including phenoxy) is 1. The number of aromatic nitrogens is 1. The van der Waals surface area contributed by atoms with Crippen molar-refractivity contribution < 1.29 is 9.53 Å². The van der Waals surface area contributed by atoms with Crippen LogP contribution in [0.1, 0.15) is 15.9 Å². The Balaban J connectivity index is 2.50. The van der Waals surface area contributed by atoms with E-state index in [9.17, 15) is 4.79 Å². The molecular weight excluding hydrogens is 214 g/mol. The average molecular weight is 227 g/mol. The zero-order chi connectivity index (χ0) is 12.3. The summed E-state index contributed by atoms with van der Waals surface area (Å²) in [6, 6.07) is 11.3. The van der Waals surface area contributed by atoms with Crippen LogP contribution in [-0.4, -0.2) is 18.4 Å². The fraction of sp³-hybridized carbons (Fsp3) is 0.143. The minimum atomic E-state index is 0.449. The van der Waals surface area contributed by atoms with Crippen LogP contribution in [0.25, 0.3) is 11.3 Å². The summed E-state index contributed by atoms with van der Waals surface area (Å²) in [5.41, 5.74) is 3.46. The van der Waals surface area contributed by atoms with Gasteiger partial charge in [-0.05, 0) is 13.0 Å². The molecule has 0 unspecified atom stereocenters. The van der Waals surface area contributed by atoms with Gasteiger partial charge in [-0.1, -0.05) is 29.8 Å². The quantitative estimate of drug-likeness (QED) is 0.757. The van der Waals surface area contributed by atoms with Crippen molar-refractivity contribution in [3.63, 3.8) is 0 Å². The van der Waals surface area contributed by atoms with Crippen molar-refractivity contribution in [3.8, 4) is 17.1 Å². The van der Waals surface area contributed by atoms with Gasteiger partial charge < -0.3 is 4.74 Å². The molecule has 0 saturated heterocycles. The van der Waals surface area contributed by atoms with Gasteiger partial charge in [0.25, 0.3) is 0 Å². The predicted octanol–water partition coefficient (Wildman–Crippen LogP) is 2.88. The van der Waals surface area contributed by atoms with Gasteiger partial charge in [0.1, 0.15) is 6.29 Å². The Kier molecular flexibility index (Phi) is 3.19. The van der Waals surface area contributed by atoms with E-state index in [0.717, 1.165) is 17.5 Å². The second-order valence-electron chi connectivity index (χ2n) is 3.81. The molecule has 3 heteroatoms. The van der Waals surface area contributed by atoms with Gasteiger partial charge in [0.2, 0.25) is 5.88 Å². The van der Waals surface area contributed by atoms with Gasteiger partial charge in [0.15, 0.2) is 0 Å². The number of aryl methyl sites for hydroxylation is 1. The van der Waals surface area contributed by atoms with Crippen molar-refractivity contribution in [2.45, 2.75) is 6.92 Å². The fourth-order valence-corrected chi connectivity index (χ4v) is 1.57. The summed E-state index contributed by atoms with van der Waals surface area (Å²) in [6.07, 6.45) is 0.794. The summed E-state index contributed by atoms with van der Waals surface area (Å²) in [5.74, 6) is 0.449. The first-order valence-corrected chi connectivity index (χ1v) is 5.31. The SMILES string of the molecule is COc1cc(C=O)cc(-c2ccc(C)cc2)n1. The molecule has 17 heavy (non-hydrogen) atoms. The first kappa shape index (κ1) is 11.3. The molecule has 0 N–H and O–H groups in total. The molecule has 2 rings (SSSR count). The third-order valence-corrected chi connectivity index (χ3v) is 2.52. The van der Waals surface area contributed by atoms with Crippen LogP contribution in [0.5, 0.6) is 5.88 Å². The second-order valence-corrected chi connectivity index (χ2v) is 3.81. The first-order valence-electron chi connectivity index (χ1n) is 5.31. The van der Waals surface area contributed by atoms with Gasteiger partial charge in [0, 0.05) is 17.2 Å². The molecule has 0 aliphatic heterocycles. The van der Waals surface area contributed by atoms with E-state index in [1.807, 2.05) is 31.2 Å². The number of carbonyl (C=O) groups is 1. The van der Waals surface area contributed by atoms with Gasteiger partial charge in [-0.2, -0.15) is 0 Å². The number of aldehydes is 1. The highest BCUT2D eigenvalue weighted by atomic mass is 16.5. The maximum Gasteiger partial charge on any atom is 0.214 e. The van der Waals surface area contributed by atoms with Crippen molar-refractivity contribution in [1.29, 1.82) is 0 Å². The van der Waals surface area contributed by atoms with E-state index < -0.39 is 0 Å². The lowest BCUT2D eigenvalue weighted by atomic mass is 10.1. The third kappa shape index (κ3) is 2.50. The van der Waals surface area contributed by atoms with Crippen molar-refractivity contribution in [3.05, 3.63) is 47.5 Å². The van der Waals surface area contributed by atoms with Gasteiger partial charge >= 0.3 is 0 Å². The lowest BCUT2D eigenvalue weighted by molar-refractivity contribution is 0.112. The van der Waals surface area contributed by atoms with E-state index in [4.69, 9.17) is 4.74 Å². The fourth-order valence-electron chi connectivity index (χ4n) is 1.57. The number of pyridine rings is 1. The number of hydrogen-bond donors (Lipinski definition) is 0. The highest BCUT2D eigenvalue weighted by molar-refractivity contribution is 5.78. The van der Waals surface area contributed by atoms with Gasteiger partial charge in [-0.3, -0.25) is 4.79 Å². The van der Waals surface area contributed by atoms with E-state index >= 15 is 0 Å². The minimum absolute atomic E-state index is 0.449. The molecule has 1 aromatic carbocycles. The van der Waals surface area contributed by atoms with Crippen molar-refractivity contribution in [1.82, 2.24) is 4.98 Å². The molecule has 0 amide bonds. The first-order chi connectivity index (χ1) is 8.22. The smallest absolute Gasteiger partial charge is 0.214 e. The number of benzene rings is 1. The Labute approximate surface area is 100 Å². The zero-order valence-corrected chi connectivity index (χ0v) is 9.81. The van der Waals surface area contributed by atoms with Crippen molar-refractivity contribution >= 4 is 6.29 Å². The molecule has 0 spiro atoms. The van der Waals surface area contributed by atoms with Gasteiger partial charge in [-0.15, -0.1) is 0 Å². The number of nitrogens with zero attached hydrogens (tertiary/aromatic N) is 1. The van der Waals surface area contributed by atoms with Crippen LogP contribution < -0.4 is 4.74 Å². The Morgan fingerprint density at radius 3 is 2.47 bits per heavy atom. The van der Waals surface area contributed by atoms with Crippen LogP contribution in [0.3, 0.4) is 0 Å². The highest BCUT2D eigenvalue weighted by Crippen LogP contribution is 2.21. The average Bonchev–Trinajstić information content (AvgIpc) is 2.39. The Morgan fingerprint density at radius 1 is 1.18 bits per heavy atom. The zero-order valence-electron chi connectivity index (χ0n) is 9.81. The summed E-state index contributed by atoms with van der Waals surface area (Å²) in [4.78, 5) is 15.1. The number of methoxy groups -OCH3 is 1. The van der Waals surface area contributed by atoms with Crippen LogP contribution in [-0.2, 0) is 0 Å². The maximum atomic E-state index is 10.8. The molecule has 0 saturated carbocycles. The van der Waals surface area contributed by atoms with E-state index in [-0.39, 0.29) is 0 Å². The minimum Gasteiger partial charge on any atom is -0.481 e. The molecule has 1 heterocycles. The Morgan fingerprint density at radius 2 is 1.88 bits per heavy atom. The summed E-state index contributed by atoms with van der Waals surface area (Å²) >= 11 is 0. The number of carbonyl (C=O) groups excluding carboxylic acids is 1. The highest BCUT2D eigenvalue weighted by Gasteiger charge is 2.04. The number of hydrogen-bond acceptors (Lipinski definition) is 3. The van der Waals surface area contributed by atoms with Crippen LogP contribution in [0.2, 0.25) is 0 Å². The van der Waals surface area contributed by atoms with Crippen LogP contribution in [0.4, 0.5) is 0 Å². The standard InChI is InChI=1S/C14H13NO2/c1-10-3-5-12(6-4-10)13-7-11(9-16)8-14(15-13)17-2/h3-9H,1-2H3. The largest absolute Gasteiger partial charge is 0.481 e. The predicted molar refractivity (Wildman–Crippen MR) is 66.3 cm³/mol. The normalized spacial score (nSPS) is 10.0. The van der Waals surface area contributed by atoms with Crippen LogP contribution >= 0.6 is 0 Å². The molecule has 0 fully saturated rings. The van der Waals surface area contributed by atoms with Crippen LogP contribution in [0.15, 0.2) is 36.4 Å². The van der Waals surface area contributed by atoms with E-state index in [2.05, 4.69) is 4.98 Å². The molecule has 1 aromatic heterocycles. The van der Waals surface area contributed by atoms with E-state index in [1.54, 1.807) is 12.1 Å². The summed E-state index contributed by atoms with van der Waals surface area (Å²) < 4.78 is 5.07. The lowest BCUT2D eigenvalue weighted by Gasteiger charge is -2.05. The van der Waals surface area contributed by atoms with Crippen LogP contribution in [0, 0.1) is 6.92 Å². The lowest BCUT2D eigenvalue weighted by Crippen LogP contribution is -1.93. The summed E-state index contributed by atoms with van der Waals surface area (Å²) in [7, 11) is 1.54. The molecule has 86 valence electrons. The van der Waals surface area contributed by atoms with Gasteiger partial charge in [-0.25, -0.2) is 4.98 Å². The topological polar surface area (TPSA) is 39.2 Å². The Bertz CT molecular complexity index is 532. The molecule has 0 aliphatic carbocycles. The Hall–Kier alpha value is -2.16. The molecule has 0 radical (unpaired) electrons. The molecule has 0 atom stereocenters. The summed E-state index contributed by atoms with van der Waals surface area (Å²) in [6.45, 7) is 2.03. The van der Waals surface area contributed by atoms with E-state index in [0.29, 0.717) is 11.4 Å². The van der Waals surface area contributed by atoms with Gasteiger partial charge in [0.05, 0.1) is 12.8 Å². The number of rotatable bonds is 3. The van der Waals surface area contributed by atoms with E-state index in [1.165, 1.54) is 12.7 Å². The van der Waals surface area contributed by atoms with Crippen molar-refractivity contribution in [2.24, 2.45) is 0 Å². The molecule has 2 aromatic rings. The monoisotopic (exact) mass is 227 g/mol. The third-order valence-electron chi connectivity index (χ3n) is 2.52. The summed E-state index contributed by atoms with van der Waals surface area (Å²) in [5, 5.41) is 0. The molecular formula is C14H13NO2.